The Morgan fingerprint density at radius 3 is 2.62 bits per heavy atom. The number of hydrogen-bond donors (Lipinski definition) is 0. The van der Waals surface area contributed by atoms with Gasteiger partial charge in [-0.25, -0.2) is 4.79 Å². The first kappa shape index (κ1) is 10.2. The molecule has 0 aliphatic rings. The Hall–Kier alpha value is -0.840. The Labute approximate surface area is 79.7 Å². The predicted molar refractivity (Wildman–Crippen MR) is 42.1 cm³/mol. The highest BCUT2D eigenvalue weighted by atomic mass is 35.5. The fourth-order valence-electron chi connectivity index (χ4n) is 0.708. The van der Waals surface area contributed by atoms with E-state index in [9.17, 15) is 18.0 Å². The Kier molecular flexibility index (Phi) is 2.75. The molecule has 0 radical (unpaired) electrons. The van der Waals surface area contributed by atoms with Crippen molar-refractivity contribution in [3.63, 3.8) is 0 Å². The van der Waals surface area contributed by atoms with E-state index in [0.717, 1.165) is 11.5 Å². The minimum Gasteiger partial charge on any atom is -0.211 e. The highest BCUT2D eigenvalue weighted by Crippen LogP contribution is 2.44. The van der Waals surface area contributed by atoms with Crippen molar-refractivity contribution in [1.29, 1.82) is 0 Å². The minimum absolute atomic E-state index is 0.452. The van der Waals surface area contributed by atoms with E-state index < -0.39 is 21.8 Å². The number of nitrogens with zero attached hydrogens (tertiary/aromatic N) is 1. The van der Waals surface area contributed by atoms with Gasteiger partial charge >= 0.3 is 6.18 Å². The molecule has 0 saturated carbocycles. The van der Waals surface area contributed by atoms with Crippen molar-refractivity contribution >= 4 is 34.0 Å². The smallest absolute Gasteiger partial charge is 0.211 e. The summed E-state index contributed by atoms with van der Waals surface area (Å²) in [5.74, 6) is 0. The van der Waals surface area contributed by atoms with E-state index in [2.05, 4.69) is 4.99 Å². The van der Waals surface area contributed by atoms with Gasteiger partial charge in [-0.05, 0) is 0 Å². The molecule has 70 valence electrons. The van der Waals surface area contributed by atoms with Crippen LogP contribution in [0.25, 0.3) is 0 Å². The van der Waals surface area contributed by atoms with Gasteiger partial charge in [-0.1, -0.05) is 11.6 Å². The fraction of sp³-hybridized carbons (Fsp3) is 0.167. The summed E-state index contributed by atoms with van der Waals surface area (Å²) < 4.78 is 36.6. The van der Waals surface area contributed by atoms with Crippen molar-refractivity contribution in [2.45, 2.75) is 6.18 Å². The standard InChI is InChI=1S/C6HClF3NOS/c7-3-1-13-5(11-2-12)4(3)6(8,9)10/h1H. The summed E-state index contributed by atoms with van der Waals surface area (Å²) in [6, 6.07) is 0. The van der Waals surface area contributed by atoms with Crippen LogP contribution in [0.2, 0.25) is 5.02 Å². The van der Waals surface area contributed by atoms with Gasteiger partial charge in [0, 0.05) is 5.38 Å². The zero-order valence-electron chi connectivity index (χ0n) is 5.85. The second-order valence-corrected chi connectivity index (χ2v) is 3.23. The molecular weight excluding hydrogens is 227 g/mol. The maximum atomic E-state index is 12.2. The second kappa shape index (κ2) is 3.49. The molecule has 0 aliphatic heterocycles. The summed E-state index contributed by atoms with van der Waals surface area (Å²) in [5.41, 5.74) is -1.08. The third-order valence-electron chi connectivity index (χ3n) is 1.16. The van der Waals surface area contributed by atoms with Gasteiger partial charge in [0.25, 0.3) is 0 Å². The van der Waals surface area contributed by atoms with Crippen LogP contribution in [0.5, 0.6) is 0 Å². The van der Waals surface area contributed by atoms with Crippen molar-refractivity contribution in [2.24, 2.45) is 4.99 Å². The van der Waals surface area contributed by atoms with Crippen LogP contribution in [0.4, 0.5) is 18.2 Å². The van der Waals surface area contributed by atoms with Crippen LogP contribution in [0.1, 0.15) is 5.56 Å². The largest absolute Gasteiger partial charge is 0.420 e. The van der Waals surface area contributed by atoms with Crippen molar-refractivity contribution in [3.05, 3.63) is 16.0 Å². The van der Waals surface area contributed by atoms with Gasteiger partial charge in [0.15, 0.2) is 0 Å². The summed E-state index contributed by atoms with van der Waals surface area (Å²) in [4.78, 5) is 12.7. The molecule has 1 rings (SSSR count). The molecule has 0 spiro atoms. The molecule has 0 amide bonds. The lowest BCUT2D eigenvalue weighted by Gasteiger charge is -2.04. The number of aliphatic imine (C=N–C) groups is 1. The summed E-state index contributed by atoms with van der Waals surface area (Å²) in [6.45, 7) is 0. The summed E-state index contributed by atoms with van der Waals surface area (Å²) in [6.07, 6.45) is -3.55. The summed E-state index contributed by atoms with van der Waals surface area (Å²) >= 11 is 5.91. The zero-order valence-corrected chi connectivity index (χ0v) is 7.43. The van der Waals surface area contributed by atoms with Crippen molar-refractivity contribution in [2.75, 3.05) is 0 Å². The molecule has 1 aromatic rings. The van der Waals surface area contributed by atoms with Crippen LogP contribution in [-0.4, -0.2) is 6.08 Å². The van der Waals surface area contributed by atoms with Crippen molar-refractivity contribution in [3.8, 4) is 0 Å². The molecule has 0 bridgehead atoms. The van der Waals surface area contributed by atoms with E-state index in [1.165, 1.54) is 0 Å². The average molecular weight is 228 g/mol. The Balaban J connectivity index is 3.32. The number of halogens is 4. The van der Waals surface area contributed by atoms with Gasteiger partial charge in [-0.15, -0.1) is 11.3 Å². The van der Waals surface area contributed by atoms with Gasteiger partial charge in [0.2, 0.25) is 6.08 Å². The molecule has 13 heavy (non-hydrogen) atoms. The molecule has 2 nitrogen and oxygen atoms in total. The number of carbonyl (C=O) groups excluding carboxylic acids is 1. The second-order valence-electron chi connectivity index (χ2n) is 1.96. The summed E-state index contributed by atoms with van der Waals surface area (Å²) in [7, 11) is 0. The lowest BCUT2D eigenvalue weighted by molar-refractivity contribution is -0.136. The van der Waals surface area contributed by atoms with E-state index in [1.54, 1.807) is 0 Å². The predicted octanol–water partition coefficient (Wildman–Crippen LogP) is 3.39. The Morgan fingerprint density at radius 2 is 2.15 bits per heavy atom. The quantitative estimate of drug-likeness (QED) is 0.534. The number of hydrogen-bond acceptors (Lipinski definition) is 3. The molecule has 1 heterocycles. The van der Waals surface area contributed by atoms with Crippen LogP contribution in [0.15, 0.2) is 10.4 Å². The van der Waals surface area contributed by atoms with Crippen LogP contribution in [0.3, 0.4) is 0 Å². The van der Waals surface area contributed by atoms with Gasteiger partial charge in [0.05, 0.1) is 5.02 Å². The monoisotopic (exact) mass is 227 g/mol. The zero-order chi connectivity index (χ0) is 10.1. The lowest BCUT2D eigenvalue weighted by Crippen LogP contribution is -2.03. The van der Waals surface area contributed by atoms with Crippen molar-refractivity contribution < 1.29 is 18.0 Å². The Bertz CT molecular complexity index is 366. The van der Waals surface area contributed by atoms with Crippen LogP contribution < -0.4 is 0 Å². The van der Waals surface area contributed by atoms with Gasteiger partial charge in [0.1, 0.15) is 10.6 Å². The van der Waals surface area contributed by atoms with E-state index >= 15 is 0 Å². The van der Waals surface area contributed by atoms with E-state index in [1.807, 2.05) is 0 Å². The summed E-state index contributed by atoms with van der Waals surface area (Å²) in [5, 5.41) is 0.152. The first-order valence-corrected chi connectivity index (χ1v) is 4.14. The molecule has 0 atom stereocenters. The normalized spacial score (nSPS) is 11.1. The topological polar surface area (TPSA) is 29.4 Å². The van der Waals surface area contributed by atoms with Crippen LogP contribution in [0, 0.1) is 0 Å². The van der Waals surface area contributed by atoms with Gasteiger partial charge in [-0.3, -0.25) is 0 Å². The number of rotatable bonds is 1. The molecule has 0 aromatic carbocycles. The van der Waals surface area contributed by atoms with Gasteiger partial charge in [-0.2, -0.15) is 18.2 Å². The van der Waals surface area contributed by atoms with Crippen LogP contribution >= 0.6 is 22.9 Å². The Morgan fingerprint density at radius 1 is 1.54 bits per heavy atom. The van der Waals surface area contributed by atoms with Gasteiger partial charge < -0.3 is 0 Å². The third-order valence-corrected chi connectivity index (χ3v) is 2.46. The molecule has 0 unspecified atom stereocenters. The van der Waals surface area contributed by atoms with E-state index in [0.29, 0.717) is 11.3 Å². The average Bonchev–Trinajstić information content (AvgIpc) is 2.31. The fourth-order valence-corrected chi connectivity index (χ4v) is 1.86. The molecule has 1 aromatic heterocycles. The number of thiophene rings is 1. The first-order valence-electron chi connectivity index (χ1n) is 2.89. The highest BCUT2D eigenvalue weighted by molar-refractivity contribution is 7.14. The molecular formula is C6HClF3NOS. The molecule has 0 N–H and O–H groups in total. The molecule has 0 fully saturated rings. The molecule has 0 aliphatic carbocycles. The highest BCUT2D eigenvalue weighted by Gasteiger charge is 2.37. The third kappa shape index (κ3) is 2.09. The minimum atomic E-state index is -4.59. The molecule has 7 heteroatoms. The van der Waals surface area contributed by atoms with E-state index in [-0.39, 0.29) is 0 Å². The van der Waals surface area contributed by atoms with Crippen molar-refractivity contribution in [1.82, 2.24) is 0 Å². The number of isocyanates is 1. The number of alkyl halides is 3. The first-order chi connectivity index (χ1) is 5.96. The lowest BCUT2D eigenvalue weighted by atomic mass is 10.3. The van der Waals surface area contributed by atoms with Crippen LogP contribution in [-0.2, 0) is 11.0 Å². The maximum Gasteiger partial charge on any atom is 0.420 e. The van der Waals surface area contributed by atoms with E-state index in [4.69, 9.17) is 11.6 Å². The molecule has 0 saturated heterocycles. The SMILES string of the molecule is O=C=Nc1scc(Cl)c1C(F)(F)F. The maximum absolute atomic E-state index is 12.2.